The molecule has 0 radical (unpaired) electrons. The zero-order valence-corrected chi connectivity index (χ0v) is 18.3. The molecule has 2 fully saturated rings. The highest BCUT2D eigenvalue weighted by Gasteiger charge is 2.24. The van der Waals surface area contributed by atoms with Crippen LogP contribution in [0.2, 0.25) is 5.02 Å². The van der Waals surface area contributed by atoms with Crippen LogP contribution in [0, 0.1) is 5.92 Å². The third kappa shape index (κ3) is 6.65. The Bertz CT molecular complexity index is 776. The Morgan fingerprint density at radius 2 is 1.83 bits per heavy atom. The summed E-state index contributed by atoms with van der Waals surface area (Å²) in [6, 6.07) is 6.28. The van der Waals surface area contributed by atoms with Crippen molar-refractivity contribution in [3.8, 4) is 0 Å². The van der Waals surface area contributed by atoms with Crippen LogP contribution in [0.3, 0.4) is 0 Å². The van der Waals surface area contributed by atoms with Crippen molar-refractivity contribution in [1.29, 1.82) is 0 Å². The minimum absolute atomic E-state index is 0.00140. The SMILES string of the molecule is O=C(CCNS(=O)(=O)c1ccccc1Cl)N1CCC(CCN2CCOCC2)CC1. The second kappa shape index (κ2) is 10.7. The molecule has 9 heteroatoms. The van der Waals surface area contributed by atoms with Gasteiger partial charge in [0.15, 0.2) is 0 Å². The van der Waals surface area contributed by atoms with Crippen LogP contribution < -0.4 is 4.72 Å². The first kappa shape index (κ1) is 22.5. The van der Waals surface area contributed by atoms with Crippen LogP contribution in [0.5, 0.6) is 0 Å². The zero-order valence-electron chi connectivity index (χ0n) is 16.7. The number of nitrogens with zero attached hydrogens (tertiary/aromatic N) is 2. The summed E-state index contributed by atoms with van der Waals surface area (Å²) in [6.45, 7) is 6.37. The Morgan fingerprint density at radius 3 is 2.52 bits per heavy atom. The summed E-state index contributed by atoms with van der Waals surface area (Å²) in [5.74, 6) is 0.652. The number of halogens is 1. The van der Waals surface area contributed by atoms with E-state index in [1.165, 1.54) is 18.6 Å². The third-order valence-electron chi connectivity index (χ3n) is 5.68. The van der Waals surface area contributed by atoms with Gasteiger partial charge in [0, 0.05) is 39.1 Å². The smallest absolute Gasteiger partial charge is 0.242 e. The topological polar surface area (TPSA) is 79.0 Å². The van der Waals surface area contributed by atoms with Gasteiger partial charge in [0.05, 0.1) is 18.2 Å². The molecule has 7 nitrogen and oxygen atoms in total. The third-order valence-corrected chi connectivity index (χ3v) is 7.64. The normalized spacial score (nSPS) is 19.4. The van der Waals surface area contributed by atoms with Gasteiger partial charge in [-0.05, 0) is 43.9 Å². The first-order valence-corrected chi connectivity index (χ1v) is 12.1. The van der Waals surface area contributed by atoms with Crippen molar-refractivity contribution < 1.29 is 17.9 Å². The highest BCUT2D eigenvalue weighted by molar-refractivity contribution is 7.89. The van der Waals surface area contributed by atoms with Crippen LogP contribution in [-0.2, 0) is 19.6 Å². The number of hydrogen-bond donors (Lipinski definition) is 1. The van der Waals surface area contributed by atoms with E-state index in [4.69, 9.17) is 16.3 Å². The van der Waals surface area contributed by atoms with Crippen LogP contribution in [-0.4, -0.2) is 76.6 Å². The van der Waals surface area contributed by atoms with Gasteiger partial charge in [-0.15, -0.1) is 0 Å². The molecule has 1 amide bonds. The van der Waals surface area contributed by atoms with Gasteiger partial charge in [0.25, 0.3) is 0 Å². The summed E-state index contributed by atoms with van der Waals surface area (Å²) in [5, 5.41) is 0.172. The molecule has 1 aromatic rings. The number of carbonyl (C=O) groups is 1. The maximum Gasteiger partial charge on any atom is 0.242 e. The molecular weight excluding hydrogens is 414 g/mol. The number of rotatable bonds is 8. The molecule has 0 bridgehead atoms. The van der Waals surface area contributed by atoms with E-state index in [1.807, 2.05) is 4.90 Å². The molecule has 0 unspecified atom stereocenters. The number of benzene rings is 1. The fourth-order valence-electron chi connectivity index (χ4n) is 3.85. The Kier molecular flexibility index (Phi) is 8.32. The number of piperidine rings is 1. The second-order valence-corrected chi connectivity index (χ2v) is 9.79. The molecule has 1 aromatic carbocycles. The van der Waals surface area contributed by atoms with E-state index in [2.05, 4.69) is 9.62 Å². The molecule has 162 valence electrons. The minimum Gasteiger partial charge on any atom is -0.379 e. The van der Waals surface area contributed by atoms with E-state index in [0.29, 0.717) is 5.92 Å². The van der Waals surface area contributed by atoms with Crippen molar-refractivity contribution in [2.24, 2.45) is 5.92 Å². The average molecular weight is 444 g/mol. The van der Waals surface area contributed by atoms with Crippen molar-refractivity contribution in [2.75, 3.05) is 52.5 Å². The van der Waals surface area contributed by atoms with Gasteiger partial charge in [-0.25, -0.2) is 13.1 Å². The largest absolute Gasteiger partial charge is 0.379 e. The first-order chi connectivity index (χ1) is 14.0. The number of likely N-dealkylation sites (tertiary alicyclic amines) is 1. The van der Waals surface area contributed by atoms with E-state index >= 15 is 0 Å². The van der Waals surface area contributed by atoms with E-state index in [9.17, 15) is 13.2 Å². The molecule has 0 saturated carbocycles. The van der Waals surface area contributed by atoms with E-state index in [-0.39, 0.29) is 28.8 Å². The van der Waals surface area contributed by atoms with Crippen LogP contribution in [0.4, 0.5) is 0 Å². The van der Waals surface area contributed by atoms with Gasteiger partial charge in [-0.2, -0.15) is 0 Å². The van der Waals surface area contributed by atoms with E-state index in [1.54, 1.807) is 12.1 Å². The number of hydrogen-bond acceptors (Lipinski definition) is 5. The van der Waals surface area contributed by atoms with Crippen molar-refractivity contribution in [2.45, 2.75) is 30.6 Å². The van der Waals surface area contributed by atoms with Crippen molar-refractivity contribution in [1.82, 2.24) is 14.5 Å². The van der Waals surface area contributed by atoms with Crippen LogP contribution in [0.25, 0.3) is 0 Å². The molecule has 3 rings (SSSR count). The number of carbonyl (C=O) groups excluding carboxylic acids is 1. The Balaban J connectivity index is 1.36. The molecule has 0 aliphatic carbocycles. The predicted molar refractivity (Wildman–Crippen MR) is 112 cm³/mol. The van der Waals surface area contributed by atoms with Crippen LogP contribution in [0.15, 0.2) is 29.2 Å². The number of sulfonamides is 1. The molecule has 0 spiro atoms. The Morgan fingerprint density at radius 1 is 1.14 bits per heavy atom. The quantitative estimate of drug-likeness (QED) is 0.664. The fraction of sp³-hybridized carbons (Fsp3) is 0.650. The van der Waals surface area contributed by atoms with Gasteiger partial charge in [-0.1, -0.05) is 23.7 Å². The molecule has 0 atom stereocenters. The maximum atomic E-state index is 12.4. The lowest BCUT2D eigenvalue weighted by atomic mass is 9.93. The summed E-state index contributed by atoms with van der Waals surface area (Å²) in [4.78, 5) is 16.8. The maximum absolute atomic E-state index is 12.4. The summed E-state index contributed by atoms with van der Waals surface area (Å²) >= 11 is 5.96. The Hall–Kier alpha value is -1.19. The zero-order chi connectivity index (χ0) is 20.7. The standard InChI is InChI=1S/C20H30ClN3O4S/c21-18-3-1-2-4-19(18)29(26,27)22-9-5-20(25)24-11-7-17(8-12-24)6-10-23-13-15-28-16-14-23/h1-4,17,22H,5-16H2. The van der Waals surface area contributed by atoms with Crippen molar-refractivity contribution in [3.05, 3.63) is 29.3 Å². The Labute approximate surface area is 178 Å². The highest BCUT2D eigenvalue weighted by Crippen LogP contribution is 2.22. The number of ether oxygens (including phenoxy) is 1. The molecule has 2 heterocycles. The monoisotopic (exact) mass is 443 g/mol. The molecule has 0 aromatic heterocycles. The van der Waals surface area contributed by atoms with Crippen LogP contribution in [0.1, 0.15) is 25.7 Å². The van der Waals surface area contributed by atoms with Gasteiger partial charge in [0.1, 0.15) is 4.90 Å². The first-order valence-electron chi connectivity index (χ1n) is 10.3. The van der Waals surface area contributed by atoms with Gasteiger partial charge >= 0.3 is 0 Å². The predicted octanol–water partition coefficient (Wildman–Crippen LogP) is 1.97. The number of amides is 1. The molecule has 29 heavy (non-hydrogen) atoms. The lowest BCUT2D eigenvalue weighted by Crippen LogP contribution is -2.41. The van der Waals surface area contributed by atoms with Gasteiger partial charge < -0.3 is 9.64 Å². The molecule has 1 N–H and O–H groups in total. The minimum atomic E-state index is -3.71. The second-order valence-electron chi connectivity index (χ2n) is 7.65. The van der Waals surface area contributed by atoms with Gasteiger partial charge in [0.2, 0.25) is 15.9 Å². The summed E-state index contributed by atoms with van der Waals surface area (Å²) in [5.41, 5.74) is 0. The summed E-state index contributed by atoms with van der Waals surface area (Å²) in [7, 11) is -3.71. The lowest BCUT2D eigenvalue weighted by Gasteiger charge is -2.34. The van der Waals surface area contributed by atoms with Crippen LogP contribution >= 0.6 is 11.6 Å². The van der Waals surface area contributed by atoms with E-state index < -0.39 is 10.0 Å². The molecule has 2 aliphatic rings. The average Bonchev–Trinajstić information content (AvgIpc) is 2.73. The molecule has 2 aliphatic heterocycles. The molecular formula is C20H30ClN3O4S. The van der Waals surface area contributed by atoms with E-state index in [0.717, 1.165) is 58.8 Å². The van der Waals surface area contributed by atoms with Crippen molar-refractivity contribution >= 4 is 27.5 Å². The van der Waals surface area contributed by atoms with Gasteiger partial charge in [-0.3, -0.25) is 9.69 Å². The fourth-order valence-corrected chi connectivity index (χ4v) is 5.40. The lowest BCUT2D eigenvalue weighted by molar-refractivity contribution is -0.132. The summed E-state index contributed by atoms with van der Waals surface area (Å²) in [6.07, 6.45) is 3.35. The number of nitrogens with one attached hydrogen (secondary N) is 1. The molecule has 2 saturated heterocycles. The number of morpholine rings is 1. The summed E-state index contributed by atoms with van der Waals surface area (Å²) < 4.78 is 32.5. The highest BCUT2D eigenvalue weighted by atomic mass is 35.5. The van der Waals surface area contributed by atoms with Crippen molar-refractivity contribution in [3.63, 3.8) is 0 Å².